The number of aryl methyl sites for hydroxylation is 2. The molecule has 1 aromatic carbocycles. The van der Waals surface area contributed by atoms with Gasteiger partial charge in [0, 0.05) is 4.83 Å². The van der Waals surface area contributed by atoms with E-state index >= 15 is 0 Å². The van der Waals surface area contributed by atoms with E-state index in [2.05, 4.69) is 48.0 Å². The average Bonchev–Trinajstić information content (AvgIpc) is 2.84. The van der Waals surface area contributed by atoms with E-state index < -0.39 is 0 Å². The van der Waals surface area contributed by atoms with Gasteiger partial charge in [-0.25, -0.2) is 0 Å². The Labute approximate surface area is 120 Å². The van der Waals surface area contributed by atoms with E-state index in [0.29, 0.717) is 4.83 Å². The minimum atomic E-state index is 0.653. The molecule has 0 nitrogen and oxygen atoms in total. The van der Waals surface area contributed by atoms with Gasteiger partial charge in [0.25, 0.3) is 0 Å². The maximum atomic E-state index is 3.86. The molecule has 1 aliphatic rings. The van der Waals surface area contributed by atoms with Crippen LogP contribution in [0, 0.1) is 19.8 Å². The largest absolute Gasteiger partial charge is 0.0887 e. The Balaban J connectivity index is 1.78. The molecule has 1 unspecified atom stereocenters. The summed E-state index contributed by atoms with van der Waals surface area (Å²) in [7, 11) is 0. The topological polar surface area (TPSA) is 0 Å². The zero-order valence-electron chi connectivity index (χ0n) is 11.7. The summed E-state index contributed by atoms with van der Waals surface area (Å²) in [6, 6.07) is 6.88. The van der Waals surface area contributed by atoms with Gasteiger partial charge in [0.1, 0.15) is 0 Å². The zero-order chi connectivity index (χ0) is 13.0. The Hall–Kier alpha value is -0.300. The van der Waals surface area contributed by atoms with Gasteiger partial charge in [-0.3, -0.25) is 0 Å². The first-order chi connectivity index (χ1) is 8.65. The fourth-order valence-corrected chi connectivity index (χ4v) is 3.64. The van der Waals surface area contributed by atoms with E-state index in [1.54, 1.807) is 0 Å². The second-order valence-electron chi connectivity index (χ2n) is 5.95. The van der Waals surface area contributed by atoms with Crippen LogP contribution >= 0.6 is 15.9 Å². The molecule has 1 fully saturated rings. The molecular formula is C17H25Br. The van der Waals surface area contributed by atoms with Gasteiger partial charge in [-0.1, -0.05) is 59.8 Å². The summed E-state index contributed by atoms with van der Waals surface area (Å²) in [6.45, 7) is 4.39. The molecule has 0 radical (unpaired) electrons. The zero-order valence-corrected chi connectivity index (χ0v) is 13.3. The Morgan fingerprint density at radius 1 is 1.17 bits per heavy atom. The van der Waals surface area contributed by atoms with Crippen LogP contribution in [0.1, 0.15) is 55.2 Å². The van der Waals surface area contributed by atoms with Crippen LogP contribution in [-0.4, -0.2) is 4.83 Å². The molecule has 0 N–H and O–H groups in total. The summed E-state index contributed by atoms with van der Waals surface area (Å²) < 4.78 is 0. The molecule has 0 spiro atoms. The van der Waals surface area contributed by atoms with Crippen LogP contribution < -0.4 is 0 Å². The molecular weight excluding hydrogens is 284 g/mol. The highest BCUT2D eigenvalue weighted by Gasteiger charge is 2.16. The van der Waals surface area contributed by atoms with Crippen molar-refractivity contribution in [3.05, 3.63) is 34.9 Å². The van der Waals surface area contributed by atoms with Crippen molar-refractivity contribution in [2.24, 2.45) is 5.92 Å². The smallest absolute Gasteiger partial charge is 0.0186 e. The van der Waals surface area contributed by atoms with E-state index in [1.807, 2.05) is 0 Å². The lowest BCUT2D eigenvalue weighted by Gasteiger charge is -2.14. The monoisotopic (exact) mass is 308 g/mol. The third kappa shape index (κ3) is 4.12. The molecule has 1 saturated carbocycles. The van der Waals surface area contributed by atoms with Crippen LogP contribution in [0.25, 0.3) is 0 Å². The summed E-state index contributed by atoms with van der Waals surface area (Å²) in [5, 5.41) is 0. The second kappa shape index (κ2) is 6.75. The van der Waals surface area contributed by atoms with Crippen LogP contribution in [0.15, 0.2) is 18.2 Å². The first kappa shape index (κ1) is 14.1. The van der Waals surface area contributed by atoms with Crippen molar-refractivity contribution in [2.45, 2.75) is 63.6 Å². The summed E-state index contributed by atoms with van der Waals surface area (Å²) >= 11 is 3.86. The molecule has 0 aliphatic heterocycles. The first-order valence-corrected chi connectivity index (χ1v) is 8.27. The normalized spacial score (nSPS) is 18.2. The molecule has 0 amide bonds. The van der Waals surface area contributed by atoms with Crippen molar-refractivity contribution in [1.29, 1.82) is 0 Å². The summed E-state index contributed by atoms with van der Waals surface area (Å²) in [5.41, 5.74) is 4.30. The third-order valence-electron chi connectivity index (χ3n) is 4.39. The second-order valence-corrected chi connectivity index (χ2v) is 7.24. The SMILES string of the molecule is Cc1ccc(CC(Br)CCC2CCCC2)cc1C. The first-order valence-electron chi connectivity index (χ1n) is 7.35. The minimum Gasteiger partial charge on any atom is -0.0887 e. The minimum absolute atomic E-state index is 0.653. The van der Waals surface area contributed by atoms with Gasteiger partial charge in [0.05, 0.1) is 0 Å². The molecule has 0 heterocycles. The molecule has 1 heteroatoms. The number of rotatable bonds is 5. The number of benzene rings is 1. The van der Waals surface area contributed by atoms with E-state index in [9.17, 15) is 0 Å². The highest BCUT2D eigenvalue weighted by atomic mass is 79.9. The highest BCUT2D eigenvalue weighted by molar-refractivity contribution is 9.09. The van der Waals surface area contributed by atoms with Gasteiger partial charge in [-0.2, -0.15) is 0 Å². The van der Waals surface area contributed by atoms with Crippen molar-refractivity contribution in [3.8, 4) is 0 Å². The van der Waals surface area contributed by atoms with E-state index in [4.69, 9.17) is 0 Å². The van der Waals surface area contributed by atoms with Gasteiger partial charge in [0.2, 0.25) is 0 Å². The number of hydrogen-bond donors (Lipinski definition) is 0. The summed E-state index contributed by atoms with van der Waals surface area (Å²) in [5.74, 6) is 1.02. The van der Waals surface area contributed by atoms with Crippen molar-refractivity contribution in [1.82, 2.24) is 0 Å². The Kier molecular flexibility index (Phi) is 5.29. The number of alkyl halides is 1. The van der Waals surface area contributed by atoms with Crippen LogP contribution in [0.3, 0.4) is 0 Å². The van der Waals surface area contributed by atoms with Crippen molar-refractivity contribution in [3.63, 3.8) is 0 Å². The lowest BCUT2D eigenvalue weighted by molar-refractivity contribution is 0.479. The summed E-state index contributed by atoms with van der Waals surface area (Å²) in [6.07, 6.45) is 9.81. The van der Waals surface area contributed by atoms with Crippen molar-refractivity contribution in [2.75, 3.05) is 0 Å². The average molecular weight is 309 g/mol. The Bertz CT molecular complexity index is 377. The molecule has 100 valence electrons. The molecule has 1 aliphatic carbocycles. The van der Waals surface area contributed by atoms with Crippen LogP contribution in [0.4, 0.5) is 0 Å². The molecule has 1 atom stereocenters. The fraction of sp³-hybridized carbons (Fsp3) is 0.647. The Morgan fingerprint density at radius 3 is 2.56 bits per heavy atom. The van der Waals surface area contributed by atoms with Gasteiger partial charge >= 0.3 is 0 Å². The predicted molar refractivity (Wildman–Crippen MR) is 83.5 cm³/mol. The van der Waals surface area contributed by atoms with Crippen LogP contribution in [-0.2, 0) is 6.42 Å². The fourth-order valence-electron chi connectivity index (χ4n) is 3.00. The molecule has 1 aromatic rings. The van der Waals surface area contributed by atoms with Crippen LogP contribution in [0.2, 0.25) is 0 Å². The standard InChI is InChI=1S/C17H25Br/c1-13-7-8-16(11-14(13)2)12-17(18)10-9-15-5-3-4-6-15/h7-8,11,15,17H,3-6,9-10,12H2,1-2H3. The molecule has 2 rings (SSSR count). The number of halogens is 1. The van der Waals surface area contributed by atoms with Gasteiger partial charge in [0.15, 0.2) is 0 Å². The van der Waals surface area contributed by atoms with Crippen LogP contribution in [0.5, 0.6) is 0 Å². The maximum Gasteiger partial charge on any atom is 0.0186 e. The number of hydrogen-bond acceptors (Lipinski definition) is 0. The quantitative estimate of drug-likeness (QED) is 0.623. The lowest BCUT2D eigenvalue weighted by Crippen LogP contribution is -2.06. The van der Waals surface area contributed by atoms with E-state index in [-0.39, 0.29) is 0 Å². The molecule has 0 bridgehead atoms. The lowest BCUT2D eigenvalue weighted by atomic mass is 9.97. The summed E-state index contributed by atoms with van der Waals surface area (Å²) in [4.78, 5) is 0.653. The van der Waals surface area contributed by atoms with Crippen molar-refractivity contribution < 1.29 is 0 Å². The van der Waals surface area contributed by atoms with Crippen molar-refractivity contribution >= 4 is 15.9 Å². The Morgan fingerprint density at radius 2 is 1.89 bits per heavy atom. The maximum absolute atomic E-state index is 3.86. The van der Waals surface area contributed by atoms with Gasteiger partial charge in [-0.05, 0) is 55.7 Å². The van der Waals surface area contributed by atoms with E-state index in [0.717, 1.165) is 5.92 Å². The third-order valence-corrected chi connectivity index (χ3v) is 5.17. The van der Waals surface area contributed by atoms with Gasteiger partial charge < -0.3 is 0 Å². The van der Waals surface area contributed by atoms with E-state index in [1.165, 1.54) is 61.6 Å². The predicted octanol–water partition coefficient (Wildman–Crippen LogP) is 5.58. The molecule has 0 aromatic heterocycles. The van der Waals surface area contributed by atoms with Gasteiger partial charge in [-0.15, -0.1) is 0 Å². The highest BCUT2D eigenvalue weighted by Crippen LogP contribution is 2.30. The molecule has 0 saturated heterocycles. The molecule has 18 heavy (non-hydrogen) atoms.